The number of halogens is 1. The molecule has 0 fully saturated rings. The van der Waals surface area contributed by atoms with Crippen LogP contribution in [0.15, 0.2) is 77.7 Å². The first-order valence-corrected chi connectivity index (χ1v) is 13.9. The molecule has 0 aliphatic carbocycles. The number of methoxy groups -OCH3 is 1. The van der Waals surface area contributed by atoms with E-state index in [0.29, 0.717) is 12.3 Å². The predicted molar refractivity (Wildman–Crippen MR) is 149 cm³/mol. The van der Waals surface area contributed by atoms with Gasteiger partial charge in [0.2, 0.25) is 11.8 Å². The van der Waals surface area contributed by atoms with Crippen LogP contribution < -0.4 is 14.4 Å². The van der Waals surface area contributed by atoms with E-state index in [-0.39, 0.29) is 28.1 Å². The summed E-state index contributed by atoms with van der Waals surface area (Å²) in [6.45, 7) is 5.17. The number of sulfonamides is 1. The number of benzene rings is 3. The zero-order chi connectivity index (χ0) is 27.9. The van der Waals surface area contributed by atoms with E-state index in [1.165, 1.54) is 17.0 Å². The zero-order valence-electron chi connectivity index (χ0n) is 21.8. The summed E-state index contributed by atoms with van der Waals surface area (Å²) >= 11 is 6.41. The van der Waals surface area contributed by atoms with Gasteiger partial charge < -0.3 is 15.0 Å². The van der Waals surface area contributed by atoms with Crippen molar-refractivity contribution in [1.29, 1.82) is 0 Å². The molecular weight excluding hydrogens is 526 g/mol. The Hall–Kier alpha value is -3.56. The molecule has 0 heterocycles. The number of carbonyl (C=O) groups excluding carboxylic acids is 2. The molecule has 1 unspecified atom stereocenters. The Morgan fingerprint density at radius 2 is 1.63 bits per heavy atom. The number of aryl methyl sites for hydroxylation is 1. The van der Waals surface area contributed by atoms with Crippen LogP contribution in [0.4, 0.5) is 5.69 Å². The second-order valence-corrected chi connectivity index (χ2v) is 11.0. The molecule has 0 aliphatic heterocycles. The van der Waals surface area contributed by atoms with Crippen molar-refractivity contribution in [3.05, 3.63) is 88.9 Å². The van der Waals surface area contributed by atoms with Crippen LogP contribution >= 0.6 is 11.6 Å². The van der Waals surface area contributed by atoms with E-state index in [1.54, 1.807) is 81.6 Å². The quantitative estimate of drug-likeness (QED) is 0.377. The van der Waals surface area contributed by atoms with Gasteiger partial charge >= 0.3 is 0 Å². The van der Waals surface area contributed by atoms with Gasteiger partial charge in [0.05, 0.1) is 22.7 Å². The standard InChI is InChI=1S/C28H32ClN3O5S/c1-5-30-28(34)21(3)31(18-22-12-14-23(37-4)15-13-22)27(33)19-32(26-9-7-6-8-25(26)29)38(35,36)24-16-10-20(2)11-17-24/h6-17,21H,5,18-19H2,1-4H3,(H,30,34). The first kappa shape index (κ1) is 29.0. The minimum Gasteiger partial charge on any atom is -0.497 e. The van der Waals surface area contributed by atoms with Crippen LogP contribution in [0.5, 0.6) is 5.75 Å². The highest BCUT2D eigenvalue weighted by molar-refractivity contribution is 7.92. The maximum atomic E-state index is 13.8. The topological polar surface area (TPSA) is 96.0 Å². The van der Waals surface area contributed by atoms with Gasteiger partial charge in [0.1, 0.15) is 18.3 Å². The highest BCUT2D eigenvalue weighted by atomic mass is 35.5. The van der Waals surface area contributed by atoms with E-state index in [2.05, 4.69) is 5.32 Å². The second-order valence-electron chi connectivity index (χ2n) is 8.72. The highest BCUT2D eigenvalue weighted by Crippen LogP contribution is 2.31. The molecule has 38 heavy (non-hydrogen) atoms. The summed E-state index contributed by atoms with van der Waals surface area (Å²) in [7, 11) is -2.62. The minimum absolute atomic E-state index is 0.0225. The smallest absolute Gasteiger partial charge is 0.264 e. The van der Waals surface area contributed by atoms with Crippen molar-refractivity contribution >= 4 is 39.1 Å². The Morgan fingerprint density at radius 3 is 2.21 bits per heavy atom. The van der Waals surface area contributed by atoms with Crippen molar-refractivity contribution in [2.45, 2.75) is 38.3 Å². The molecule has 10 heteroatoms. The fourth-order valence-corrected chi connectivity index (χ4v) is 5.56. The SMILES string of the molecule is CCNC(=O)C(C)N(Cc1ccc(OC)cc1)C(=O)CN(c1ccccc1Cl)S(=O)(=O)c1ccc(C)cc1. The first-order valence-electron chi connectivity index (χ1n) is 12.1. The molecule has 0 aliphatic rings. The van der Waals surface area contributed by atoms with Gasteiger partial charge in [-0.15, -0.1) is 0 Å². The molecular formula is C28H32ClN3O5S. The van der Waals surface area contributed by atoms with Crippen molar-refractivity contribution in [3.63, 3.8) is 0 Å². The number of hydrogen-bond donors (Lipinski definition) is 1. The Labute approximate surface area is 229 Å². The number of ether oxygens (including phenoxy) is 1. The number of amides is 2. The van der Waals surface area contributed by atoms with E-state index in [1.807, 2.05) is 6.92 Å². The van der Waals surface area contributed by atoms with Crippen molar-refractivity contribution < 1.29 is 22.7 Å². The van der Waals surface area contributed by atoms with Crippen molar-refractivity contribution in [1.82, 2.24) is 10.2 Å². The third kappa shape index (κ3) is 6.85. The number of likely N-dealkylation sites (N-methyl/N-ethyl adjacent to an activating group) is 1. The molecule has 1 N–H and O–H groups in total. The summed E-state index contributed by atoms with van der Waals surface area (Å²) in [5.41, 5.74) is 1.81. The summed E-state index contributed by atoms with van der Waals surface area (Å²) < 4.78 is 33.8. The maximum Gasteiger partial charge on any atom is 0.264 e. The van der Waals surface area contributed by atoms with Crippen LogP contribution in [0, 0.1) is 6.92 Å². The molecule has 0 spiro atoms. The highest BCUT2D eigenvalue weighted by Gasteiger charge is 2.33. The number of carbonyl (C=O) groups is 2. The molecule has 0 aromatic heterocycles. The Bertz CT molecular complexity index is 1360. The Kier molecular flexibility index (Phi) is 9.77. The lowest BCUT2D eigenvalue weighted by Crippen LogP contribution is -2.51. The number of nitrogens with zero attached hydrogens (tertiary/aromatic N) is 2. The number of nitrogens with one attached hydrogen (secondary N) is 1. The Balaban J connectivity index is 2.03. The van der Waals surface area contributed by atoms with Gasteiger partial charge in [-0.05, 0) is 62.7 Å². The first-order chi connectivity index (χ1) is 18.1. The van der Waals surface area contributed by atoms with Gasteiger partial charge in [-0.25, -0.2) is 8.42 Å². The van der Waals surface area contributed by atoms with Crippen LogP contribution in [0.25, 0.3) is 0 Å². The maximum absolute atomic E-state index is 13.8. The van der Waals surface area contributed by atoms with Crippen LogP contribution in [0.1, 0.15) is 25.0 Å². The molecule has 1 atom stereocenters. The third-order valence-corrected chi connectivity index (χ3v) is 8.13. The fraction of sp³-hybridized carbons (Fsp3) is 0.286. The van der Waals surface area contributed by atoms with Crippen molar-refractivity contribution in [2.24, 2.45) is 0 Å². The number of rotatable bonds is 11. The van der Waals surface area contributed by atoms with E-state index in [0.717, 1.165) is 15.4 Å². The summed E-state index contributed by atoms with van der Waals surface area (Å²) in [6, 6.07) is 19.0. The lowest BCUT2D eigenvalue weighted by molar-refractivity contribution is -0.139. The lowest BCUT2D eigenvalue weighted by Gasteiger charge is -2.32. The van der Waals surface area contributed by atoms with Gasteiger partial charge in [0.15, 0.2) is 0 Å². The molecule has 0 radical (unpaired) electrons. The molecule has 0 saturated carbocycles. The van der Waals surface area contributed by atoms with E-state index in [9.17, 15) is 18.0 Å². The lowest BCUT2D eigenvalue weighted by atomic mass is 10.1. The molecule has 3 aromatic rings. The van der Waals surface area contributed by atoms with Gasteiger partial charge in [0, 0.05) is 13.1 Å². The fourth-order valence-electron chi connectivity index (χ4n) is 3.84. The average Bonchev–Trinajstić information content (AvgIpc) is 2.91. The van der Waals surface area contributed by atoms with Crippen LogP contribution in [-0.4, -0.2) is 51.4 Å². The summed E-state index contributed by atoms with van der Waals surface area (Å²) in [4.78, 5) is 28.0. The molecule has 202 valence electrons. The largest absolute Gasteiger partial charge is 0.497 e. The summed E-state index contributed by atoms with van der Waals surface area (Å²) in [5.74, 6) is -0.257. The second kappa shape index (κ2) is 12.8. The molecule has 2 amide bonds. The monoisotopic (exact) mass is 557 g/mol. The molecule has 3 rings (SSSR count). The van der Waals surface area contributed by atoms with Gasteiger partial charge in [-0.2, -0.15) is 0 Å². The van der Waals surface area contributed by atoms with Gasteiger partial charge in [-0.3, -0.25) is 13.9 Å². The minimum atomic E-state index is -4.18. The molecule has 0 bridgehead atoms. The van der Waals surface area contributed by atoms with Crippen LogP contribution in [0.3, 0.4) is 0 Å². The molecule has 0 saturated heterocycles. The number of para-hydroxylation sites is 1. The van der Waals surface area contributed by atoms with Crippen LogP contribution in [-0.2, 0) is 26.2 Å². The van der Waals surface area contributed by atoms with E-state index < -0.39 is 28.5 Å². The average molecular weight is 558 g/mol. The number of anilines is 1. The molecule has 3 aromatic carbocycles. The molecule has 8 nitrogen and oxygen atoms in total. The predicted octanol–water partition coefficient (Wildman–Crippen LogP) is 4.41. The van der Waals surface area contributed by atoms with Crippen molar-refractivity contribution in [2.75, 3.05) is 24.5 Å². The van der Waals surface area contributed by atoms with Gasteiger partial charge in [-0.1, -0.05) is 53.6 Å². The van der Waals surface area contributed by atoms with Crippen molar-refractivity contribution in [3.8, 4) is 5.75 Å². The normalized spacial score (nSPS) is 11.9. The van der Waals surface area contributed by atoms with Gasteiger partial charge in [0.25, 0.3) is 10.0 Å². The zero-order valence-corrected chi connectivity index (χ0v) is 23.4. The van der Waals surface area contributed by atoms with E-state index in [4.69, 9.17) is 16.3 Å². The Morgan fingerprint density at radius 1 is 1.00 bits per heavy atom. The summed E-state index contributed by atoms with van der Waals surface area (Å²) in [6.07, 6.45) is 0. The third-order valence-electron chi connectivity index (χ3n) is 6.04. The van der Waals surface area contributed by atoms with E-state index >= 15 is 0 Å². The number of hydrogen-bond acceptors (Lipinski definition) is 5. The van der Waals surface area contributed by atoms with Crippen LogP contribution in [0.2, 0.25) is 5.02 Å². The summed E-state index contributed by atoms with van der Waals surface area (Å²) in [5, 5.41) is 2.91.